The molecular weight excluding hydrogens is 464 g/mol. The van der Waals surface area contributed by atoms with Crippen LogP contribution in [-0.2, 0) is 9.53 Å². The van der Waals surface area contributed by atoms with Gasteiger partial charge in [0.05, 0.1) is 12.6 Å². The summed E-state index contributed by atoms with van der Waals surface area (Å²) in [6, 6.07) is 5.79. The third kappa shape index (κ3) is 4.46. The number of carbonyl (C=O) groups is 3. The maximum absolute atomic E-state index is 13.0. The highest BCUT2D eigenvalue weighted by molar-refractivity contribution is 9.10. The number of carboxylic acid groups (broad SMARTS) is 1. The Hall–Kier alpha value is -3.34. The van der Waals surface area contributed by atoms with Crippen molar-refractivity contribution in [1.29, 1.82) is 0 Å². The molecule has 1 unspecified atom stereocenters. The predicted molar refractivity (Wildman–Crippen MR) is 108 cm³/mol. The first kappa shape index (κ1) is 22.9. The van der Waals surface area contributed by atoms with E-state index in [0.717, 1.165) is 0 Å². The number of halogens is 1. The minimum atomic E-state index is -1.75. The van der Waals surface area contributed by atoms with Crippen molar-refractivity contribution in [2.24, 2.45) is 0 Å². The molecule has 1 aromatic carbocycles. The van der Waals surface area contributed by atoms with Crippen molar-refractivity contribution in [3.05, 3.63) is 55.8 Å². The van der Waals surface area contributed by atoms with Crippen molar-refractivity contribution < 1.29 is 34.4 Å². The van der Waals surface area contributed by atoms with E-state index in [0.29, 0.717) is 14.6 Å². The van der Waals surface area contributed by atoms with Crippen LogP contribution in [0, 0.1) is 0 Å². The smallest absolute Gasteiger partial charge is 0.345 e. The predicted octanol–water partition coefficient (Wildman–Crippen LogP) is 1.62. The van der Waals surface area contributed by atoms with E-state index in [1.807, 2.05) is 0 Å². The van der Waals surface area contributed by atoms with Crippen LogP contribution in [0.25, 0.3) is 0 Å². The molecule has 1 atom stereocenters. The van der Waals surface area contributed by atoms with Gasteiger partial charge in [0.2, 0.25) is 5.88 Å². The number of nitrogens with one attached hydrogen (secondary N) is 1. The van der Waals surface area contributed by atoms with E-state index in [9.17, 15) is 34.5 Å². The second-order valence-corrected chi connectivity index (χ2v) is 6.94. The molecule has 1 heterocycles. The van der Waals surface area contributed by atoms with E-state index in [1.165, 1.54) is 6.92 Å². The van der Waals surface area contributed by atoms with Crippen molar-refractivity contribution in [3.8, 4) is 11.6 Å². The van der Waals surface area contributed by atoms with E-state index in [1.54, 1.807) is 31.2 Å². The molecule has 11 heteroatoms. The van der Waals surface area contributed by atoms with Crippen molar-refractivity contribution >= 4 is 33.8 Å². The first-order valence-corrected chi connectivity index (χ1v) is 9.53. The number of rotatable bonds is 7. The van der Waals surface area contributed by atoms with Crippen molar-refractivity contribution in [3.63, 3.8) is 0 Å². The highest BCUT2D eigenvalue weighted by Gasteiger charge is 2.32. The van der Waals surface area contributed by atoms with Gasteiger partial charge in [-0.1, -0.05) is 34.1 Å². The molecule has 0 aliphatic rings. The third-order valence-corrected chi connectivity index (χ3v) is 4.96. The summed E-state index contributed by atoms with van der Waals surface area (Å²) in [5.41, 5.74) is -2.57. The summed E-state index contributed by atoms with van der Waals surface area (Å²) in [5.74, 6) is -5.96. The number of nitrogens with zero attached hydrogens (tertiary/aromatic N) is 1. The molecule has 0 fully saturated rings. The number of carboxylic acids is 1. The molecule has 0 saturated carbocycles. The normalized spacial score (nSPS) is 11.6. The molecule has 1 aromatic heterocycles. The van der Waals surface area contributed by atoms with Gasteiger partial charge in [-0.2, -0.15) is 0 Å². The Kier molecular flexibility index (Phi) is 7.22. The Morgan fingerprint density at radius 1 is 1.20 bits per heavy atom. The first-order valence-electron chi connectivity index (χ1n) is 8.73. The summed E-state index contributed by atoms with van der Waals surface area (Å²) in [6.45, 7) is 2.53. The number of carbonyl (C=O) groups excluding carboxylic acids is 2. The minimum Gasteiger partial charge on any atom is -0.506 e. The molecule has 2 aromatic rings. The molecule has 0 bridgehead atoms. The molecule has 30 heavy (non-hydrogen) atoms. The number of ether oxygens (including phenoxy) is 1. The molecule has 160 valence electrons. The maximum Gasteiger partial charge on any atom is 0.345 e. The van der Waals surface area contributed by atoms with Gasteiger partial charge in [-0.3, -0.25) is 19.0 Å². The van der Waals surface area contributed by atoms with Gasteiger partial charge in [-0.25, -0.2) is 4.79 Å². The van der Waals surface area contributed by atoms with E-state index >= 15 is 0 Å². The topological polar surface area (TPSA) is 155 Å². The van der Waals surface area contributed by atoms with E-state index in [2.05, 4.69) is 26.0 Å². The lowest BCUT2D eigenvalue weighted by atomic mass is 10.1. The quantitative estimate of drug-likeness (QED) is 0.433. The summed E-state index contributed by atoms with van der Waals surface area (Å²) >= 11 is 3.31. The first-order chi connectivity index (χ1) is 14.1. The van der Waals surface area contributed by atoms with E-state index in [4.69, 9.17) is 0 Å². The van der Waals surface area contributed by atoms with Crippen LogP contribution in [-0.4, -0.2) is 50.9 Å². The Morgan fingerprint density at radius 2 is 1.83 bits per heavy atom. The average molecular weight is 483 g/mol. The molecular formula is C19H19BrN2O8. The molecule has 0 saturated heterocycles. The van der Waals surface area contributed by atoms with Gasteiger partial charge in [0.15, 0.2) is 11.3 Å². The number of aromatic nitrogens is 1. The minimum absolute atomic E-state index is 0.0681. The zero-order valence-electron chi connectivity index (χ0n) is 16.0. The zero-order chi connectivity index (χ0) is 22.6. The fourth-order valence-corrected chi connectivity index (χ4v) is 3.45. The lowest BCUT2D eigenvalue weighted by Crippen LogP contribution is -2.37. The van der Waals surface area contributed by atoms with Crippen LogP contribution in [0.3, 0.4) is 0 Å². The second kappa shape index (κ2) is 9.44. The molecule has 0 spiro atoms. The number of benzene rings is 1. The van der Waals surface area contributed by atoms with Crippen LogP contribution in [0.15, 0.2) is 33.5 Å². The molecule has 4 N–H and O–H groups in total. The lowest BCUT2D eigenvalue weighted by Gasteiger charge is -2.21. The molecule has 0 aliphatic carbocycles. The SMILES string of the molecule is CCOC(=O)CNC(=O)c1c(O)c(C(=O)O)c(O)n(C(C)c2ccccc2Br)c1=O. The van der Waals surface area contributed by atoms with Crippen LogP contribution in [0.4, 0.5) is 0 Å². The van der Waals surface area contributed by atoms with Crippen molar-refractivity contribution in [2.45, 2.75) is 19.9 Å². The molecule has 10 nitrogen and oxygen atoms in total. The number of hydrogen-bond donors (Lipinski definition) is 4. The standard InChI is InChI=1S/C19H19BrN2O8/c1-3-30-12(23)8-21-16(25)13-15(24)14(19(28)29)18(27)22(17(13)26)9(2)10-6-4-5-7-11(10)20/h4-7,9,24,27H,3,8H2,1-2H3,(H,21,25)(H,28,29). The number of aromatic hydroxyl groups is 2. The molecule has 0 aliphatic heterocycles. The monoisotopic (exact) mass is 482 g/mol. The average Bonchev–Trinajstić information content (AvgIpc) is 2.66. The number of pyridine rings is 1. The summed E-state index contributed by atoms with van der Waals surface area (Å²) < 4.78 is 5.92. The Labute approximate surface area is 178 Å². The fraction of sp³-hybridized carbons (Fsp3) is 0.263. The zero-order valence-corrected chi connectivity index (χ0v) is 17.6. The Balaban J connectivity index is 2.65. The highest BCUT2D eigenvalue weighted by atomic mass is 79.9. The van der Waals surface area contributed by atoms with Crippen LogP contribution in [0.1, 0.15) is 46.2 Å². The Morgan fingerprint density at radius 3 is 2.40 bits per heavy atom. The number of hydrogen-bond acceptors (Lipinski definition) is 7. The fourth-order valence-electron chi connectivity index (χ4n) is 2.84. The van der Waals surface area contributed by atoms with Crippen LogP contribution in [0.5, 0.6) is 11.6 Å². The second-order valence-electron chi connectivity index (χ2n) is 6.09. The van der Waals surface area contributed by atoms with Gasteiger partial charge in [-0.05, 0) is 25.5 Å². The number of amides is 1. The van der Waals surface area contributed by atoms with Crippen LogP contribution < -0.4 is 10.9 Å². The summed E-state index contributed by atoms with van der Waals surface area (Å²) in [7, 11) is 0. The maximum atomic E-state index is 13.0. The van der Waals surface area contributed by atoms with Gasteiger partial charge in [0, 0.05) is 4.47 Å². The number of aromatic carboxylic acids is 1. The van der Waals surface area contributed by atoms with E-state index in [-0.39, 0.29) is 6.61 Å². The van der Waals surface area contributed by atoms with Crippen LogP contribution >= 0.6 is 15.9 Å². The van der Waals surface area contributed by atoms with Gasteiger partial charge in [0.25, 0.3) is 11.5 Å². The summed E-state index contributed by atoms with van der Waals surface area (Å²) in [5, 5.41) is 32.2. The Bertz CT molecular complexity index is 1060. The third-order valence-electron chi connectivity index (χ3n) is 4.24. The summed E-state index contributed by atoms with van der Waals surface area (Å²) in [4.78, 5) is 48.5. The molecule has 1 amide bonds. The van der Waals surface area contributed by atoms with Crippen molar-refractivity contribution in [1.82, 2.24) is 9.88 Å². The summed E-state index contributed by atoms with van der Waals surface area (Å²) in [6.07, 6.45) is 0. The molecule has 2 rings (SSSR count). The highest BCUT2D eigenvalue weighted by Crippen LogP contribution is 2.33. The van der Waals surface area contributed by atoms with Gasteiger partial charge in [0.1, 0.15) is 12.1 Å². The lowest BCUT2D eigenvalue weighted by molar-refractivity contribution is -0.141. The van der Waals surface area contributed by atoms with Gasteiger partial charge >= 0.3 is 11.9 Å². The van der Waals surface area contributed by atoms with Gasteiger partial charge < -0.3 is 25.4 Å². The van der Waals surface area contributed by atoms with Crippen molar-refractivity contribution in [2.75, 3.05) is 13.2 Å². The van der Waals surface area contributed by atoms with Crippen LogP contribution in [0.2, 0.25) is 0 Å². The van der Waals surface area contributed by atoms with E-state index < -0.39 is 58.7 Å². The largest absolute Gasteiger partial charge is 0.506 e. The molecule has 0 radical (unpaired) electrons. The van der Waals surface area contributed by atoms with Gasteiger partial charge in [-0.15, -0.1) is 0 Å². The number of esters is 1.